The third-order valence-electron chi connectivity index (χ3n) is 4.79. The summed E-state index contributed by atoms with van der Waals surface area (Å²) < 4.78 is 0. The molecular formula is C20H26N4O. The van der Waals surface area contributed by atoms with Gasteiger partial charge in [-0.3, -0.25) is 9.78 Å². The van der Waals surface area contributed by atoms with E-state index in [1.165, 1.54) is 5.56 Å². The van der Waals surface area contributed by atoms with Crippen LogP contribution in [-0.4, -0.2) is 48.5 Å². The first-order valence-electron chi connectivity index (χ1n) is 9.02. The van der Waals surface area contributed by atoms with Gasteiger partial charge in [0, 0.05) is 38.1 Å². The van der Waals surface area contributed by atoms with E-state index in [9.17, 15) is 4.79 Å². The summed E-state index contributed by atoms with van der Waals surface area (Å²) in [5.74, 6) is -0.120. The van der Waals surface area contributed by atoms with Crippen molar-refractivity contribution in [3.05, 3.63) is 53.9 Å². The maximum atomic E-state index is 12.5. The number of rotatable bonds is 5. The number of aryl methyl sites for hydroxylation is 1. The Bertz CT molecular complexity index is 706. The number of nitrogens with one attached hydrogen (secondary N) is 1. The van der Waals surface area contributed by atoms with Crippen LogP contribution in [0.5, 0.6) is 0 Å². The maximum absolute atomic E-state index is 12.5. The second-order valence-electron chi connectivity index (χ2n) is 6.36. The predicted molar refractivity (Wildman–Crippen MR) is 102 cm³/mol. The van der Waals surface area contributed by atoms with Crippen molar-refractivity contribution in [2.24, 2.45) is 0 Å². The summed E-state index contributed by atoms with van der Waals surface area (Å²) in [6.45, 7) is 9.44. The van der Waals surface area contributed by atoms with Gasteiger partial charge in [0.2, 0.25) is 0 Å². The molecule has 1 saturated heterocycles. The van der Waals surface area contributed by atoms with E-state index in [1.807, 2.05) is 36.5 Å². The van der Waals surface area contributed by atoms with E-state index < -0.39 is 0 Å². The summed E-state index contributed by atoms with van der Waals surface area (Å²) >= 11 is 0. The van der Waals surface area contributed by atoms with Crippen LogP contribution in [0.3, 0.4) is 0 Å². The number of aromatic nitrogens is 1. The molecule has 2 aromatic rings. The Morgan fingerprint density at radius 2 is 1.80 bits per heavy atom. The van der Waals surface area contributed by atoms with Crippen molar-refractivity contribution in [1.82, 2.24) is 9.88 Å². The molecule has 5 heteroatoms. The molecule has 1 aliphatic heterocycles. The van der Waals surface area contributed by atoms with Gasteiger partial charge in [0.15, 0.2) is 0 Å². The zero-order chi connectivity index (χ0) is 17.6. The lowest BCUT2D eigenvalue weighted by Crippen LogP contribution is -2.46. The number of hydrogen-bond acceptors (Lipinski definition) is 4. The number of pyridine rings is 1. The fraction of sp³-hybridized carbons (Fsp3) is 0.400. The van der Waals surface area contributed by atoms with Crippen LogP contribution in [0.2, 0.25) is 0 Å². The first-order valence-corrected chi connectivity index (χ1v) is 9.02. The van der Waals surface area contributed by atoms with Crippen molar-refractivity contribution in [3.63, 3.8) is 0 Å². The van der Waals surface area contributed by atoms with Gasteiger partial charge in [0.25, 0.3) is 5.91 Å². The highest BCUT2D eigenvalue weighted by Crippen LogP contribution is 2.18. The minimum Gasteiger partial charge on any atom is -0.368 e. The second-order valence-corrected chi connectivity index (χ2v) is 6.36. The number of piperazine rings is 1. The smallest absolute Gasteiger partial charge is 0.257 e. The highest BCUT2D eigenvalue weighted by molar-refractivity contribution is 6.04. The van der Waals surface area contributed by atoms with Gasteiger partial charge in [-0.15, -0.1) is 0 Å². The normalized spacial score (nSPS) is 15.2. The van der Waals surface area contributed by atoms with E-state index in [2.05, 4.69) is 33.9 Å². The fourth-order valence-electron chi connectivity index (χ4n) is 3.07. The van der Waals surface area contributed by atoms with Gasteiger partial charge >= 0.3 is 0 Å². The molecular weight excluding hydrogens is 312 g/mol. The molecule has 1 aromatic heterocycles. The van der Waals surface area contributed by atoms with Crippen LogP contribution in [-0.2, 0) is 6.42 Å². The molecule has 0 spiro atoms. The number of benzene rings is 1. The zero-order valence-electron chi connectivity index (χ0n) is 15.0. The molecule has 3 rings (SSSR count). The molecule has 132 valence electrons. The molecule has 5 nitrogen and oxygen atoms in total. The Labute approximate surface area is 149 Å². The molecule has 0 radical (unpaired) electrons. The standard InChI is InChI=1S/C20H26N4O/c1-3-16-5-7-18(8-6-16)22-20(25)17-13-19(15-21-14-17)24-11-9-23(4-2)10-12-24/h5-8,13-15H,3-4,9-12H2,1-2H3,(H,22,25). The average molecular weight is 338 g/mol. The number of likely N-dealkylation sites (N-methyl/N-ethyl adjacent to an activating group) is 1. The lowest BCUT2D eigenvalue weighted by molar-refractivity contribution is 0.102. The van der Waals surface area contributed by atoms with Crippen molar-refractivity contribution in [3.8, 4) is 0 Å². The van der Waals surface area contributed by atoms with E-state index in [-0.39, 0.29) is 5.91 Å². The van der Waals surface area contributed by atoms with Crippen LogP contribution in [0.15, 0.2) is 42.7 Å². The molecule has 0 atom stereocenters. The summed E-state index contributed by atoms with van der Waals surface area (Å²) in [7, 11) is 0. The molecule has 0 unspecified atom stereocenters. The molecule has 25 heavy (non-hydrogen) atoms. The minimum atomic E-state index is -0.120. The van der Waals surface area contributed by atoms with Gasteiger partial charge in [-0.1, -0.05) is 26.0 Å². The van der Waals surface area contributed by atoms with E-state index >= 15 is 0 Å². The zero-order valence-corrected chi connectivity index (χ0v) is 15.0. The van der Waals surface area contributed by atoms with Crippen molar-refractivity contribution in [1.29, 1.82) is 0 Å². The van der Waals surface area contributed by atoms with Gasteiger partial charge < -0.3 is 15.1 Å². The molecule has 1 aromatic carbocycles. The lowest BCUT2D eigenvalue weighted by atomic mass is 10.1. The Hall–Kier alpha value is -2.40. The summed E-state index contributed by atoms with van der Waals surface area (Å²) in [6, 6.07) is 9.90. The van der Waals surface area contributed by atoms with Crippen LogP contribution in [0.4, 0.5) is 11.4 Å². The Balaban J connectivity index is 1.67. The molecule has 2 heterocycles. The monoisotopic (exact) mass is 338 g/mol. The van der Waals surface area contributed by atoms with E-state index in [0.29, 0.717) is 5.56 Å². The van der Waals surface area contributed by atoms with Crippen molar-refractivity contribution in [2.45, 2.75) is 20.3 Å². The summed E-state index contributed by atoms with van der Waals surface area (Å²) in [4.78, 5) is 21.5. The second kappa shape index (κ2) is 8.12. The summed E-state index contributed by atoms with van der Waals surface area (Å²) in [5.41, 5.74) is 3.68. The van der Waals surface area contributed by atoms with Crippen molar-refractivity contribution >= 4 is 17.3 Å². The van der Waals surface area contributed by atoms with Crippen LogP contribution in [0, 0.1) is 0 Å². The Morgan fingerprint density at radius 1 is 1.08 bits per heavy atom. The van der Waals surface area contributed by atoms with Gasteiger partial charge in [-0.05, 0) is 36.7 Å². The highest BCUT2D eigenvalue weighted by atomic mass is 16.1. The van der Waals surface area contributed by atoms with E-state index in [4.69, 9.17) is 0 Å². The molecule has 1 N–H and O–H groups in total. The van der Waals surface area contributed by atoms with Gasteiger partial charge in [-0.2, -0.15) is 0 Å². The number of nitrogens with zero attached hydrogens (tertiary/aromatic N) is 3. The molecule has 0 aliphatic carbocycles. The van der Waals surface area contributed by atoms with Crippen LogP contribution in [0.1, 0.15) is 29.8 Å². The molecule has 1 fully saturated rings. The van der Waals surface area contributed by atoms with E-state index in [1.54, 1.807) is 6.20 Å². The number of anilines is 2. The Morgan fingerprint density at radius 3 is 2.44 bits per heavy atom. The molecule has 0 bridgehead atoms. The topological polar surface area (TPSA) is 48.5 Å². The average Bonchev–Trinajstić information content (AvgIpc) is 2.68. The first-order chi connectivity index (χ1) is 12.2. The van der Waals surface area contributed by atoms with Gasteiger partial charge in [0.1, 0.15) is 0 Å². The van der Waals surface area contributed by atoms with E-state index in [0.717, 1.165) is 50.5 Å². The van der Waals surface area contributed by atoms with Gasteiger partial charge in [0.05, 0.1) is 17.4 Å². The lowest BCUT2D eigenvalue weighted by Gasteiger charge is -2.35. The third-order valence-corrected chi connectivity index (χ3v) is 4.79. The maximum Gasteiger partial charge on any atom is 0.257 e. The number of hydrogen-bond donors (Lipinski definition) is 1. The minimum absolute atomic E-state index is 0.120. The number of carbonyl (C=O) groups is 1. The molecule has 1 amide bonds. The van der Waals surface area contributed by atoms with Crippen LogP contribution in [0.25, 0.3) is 0 Å². The predicted octanol–water partition coefficient (Wildman–Crippen LogP) is 3.04. The summed E-state index contributed by atoms with van der Waals surface area (Å²) in [5, 5.41) is 2.95. The quantitative estimate of drug-likeness (QED) is 0.910. The summed E-state index contributed by atoms with van der Waals surface area (Å²) in [6.07, 6.45) is 4.46. The van der Waals surface area contributed by atoms with Crippen LogP contribution >= 0.6 is 0 Å². The third kappa shape index (κ3) is 4.37. The van der Waals surface area contributed by atoms with Gasteiger partial charge in [-0.25, -0.2) is 0 Å². The van der Waals surface area contributed by atoms with Crippen LogP contribution < -0.4 is 10.2 Å². The Kier molecular flexibility index (Phi) is 5.66. The molecule has 0 saturated carbocycles. The first kappa shape index (κ1) is 17.4. The number of amides is 1. The van der Waals surface area contributed by atoms with Crippen molar-refractivity contribution < 1.29 is 4.79 Å². The highest BCUT2D eigenvalue weighted by Gasteiger charge is 2.17. The largest absolute Gasteiger partial charge is 0.368 e. The fourth-order valence-corrected chi connectivity index (χ4v) is 3.07. The SMILES string of the molecule is CCc1ccc(NC(=O)c2cncc(N3CCN(CC)CC3)c2)cc1. The van der Waals surface area contributed by atoms with Crippen molar-refractivity contribution in [2.75, 3.05) is 42.9 Å². The number of carbonyl (C=O) groups excluding carboxylic acids is 1. The molecule has 1 aliphatic rings.